The van der Waals surface area contributed by atoms with Crippen LogP contribution in [0.5, 0.6) is 0 Å². The van der Waals surface area contributed by atoms with Gasteiger partial charge in [-0.25, -0.2) is 4.39 Å². The molecule has 2 nitrogen and oxygen atoms in total. The van der Waals surface area contributed by atoms with Crippen LogP contribution in [-0.4, -0.2) is 17.8 Å². The van der Waals surface area contributed by atoms with Crippen LogP contribution in [0.2, 0.25) is 0 Å². The molecule has 94 valence electrons. The highest BCUT2D eigenvalue weighted by Gasteiger charge is 2.23. The Kier molecular flexibility index (Phi) is 4.13. The van der Waals surface area contributed by atoms with Crippen molar-refractivity contribution < 1.29 is 9.50 Å². The summed E-state index contributed by atoms with van der Waals surface area (Å²) in [6.45, 7) is 2.36. The second-order valence-electron chi connectivity index (χ2n) is 4.87. The molecule has 0 saturated carbocycles. The van der Waals surface area contributed by atoms with E-state index in [-0.39, 0.29) is 18.5 Å². The van der Waals surface area contributed by atoms with Crippen molar-refractivity contribution in [1.82, 2.24) is 5.32 Å². The molecule has 2 rings (SSSR count). The summed E-state index contributed by atoms with van der Waals surface area (Å²) in [6, 6.07) is 5.72. The molecule has 0 fully saturated rings. The fourth-order valence-electron chi connectivity index (χ4n) is 2.57. The van der Waals surface area contributed by atoms with Crippen LogP contribution < -0.4 is 5.32 Å². The number of hydrogen-bond acceptors (Lipinski definition) is 2. The van der Waals surface area contributed by atoms with Crippen molar-refractivity contribution in [2.75, 3.05) is 6.61 Å². The van der Waals surface area contributed by atoms with Gasteiger partial charge in [0.25, 0.3) is 0 Å². The van der Waals surface area contributed by atoms with E-state index in [1.54, 1.807) is 6.07 Å². The first-order chi connectivity index (χ1) is 8.20. The molecular formula is C14H20FNO. The van der Waals surface area contributed by atoms with Gasteiger partial charge in [0.1, 0.15) is 5.82 Å². The lowest BCUT2D eigenvalue weighted by atomic mass is 10.1. The zero-order chi connectivity index (χ0) is 12.3. The summed E-state index contributed by atoms with van der Waals surface area (Å²) >= 11 is 0. The summed E-state index contributed by atoms with van der Waals surface area (Å²) in [4.78, 5) is 0. The molecule has 0 radical (unpaired) electrons. The van der Waals surface area contributed by atoms with Gasteiger partial charge in [-0.05, 0) is 55.9 Å². The third-order valence-electron chi connectivity index (χ3n) is 3.47. The number of aliphatic hydroxyl groups is 1. The summed E-state index contributed by atoms with van der Waals surface area (Å²) in [5.41, 5.74) is 2.37. The third-order valence-corrected chi connectivity index (χ3v) is 3.47. The minimum atomic E-state index is -0.152. The van der Waals surface area contributed by atoms with Gasteiger partial charge in [-0.3, -0.25) is 0 Å². The quantitative estimate of drug-likeness (QED) is 0.825. The molecule has 1 aliphatic carbocycles. The molecule has 0 aliphatic heterocycles. The number of aryl methyl sites for hydroxylation is 1. The molecule has 3 heteroatoms. The van der Waals surface area contributed by atoms with Gasteiger partial charge in [-0.15, -0.1) is 0 Å². The van der Waals surface area contributed by atoms with Gasteiger partial charge in [0.2, 0.25) is 0 Å². The van der Waals surface area contributed by atoms with Crippen LogP contribution in [0.15, 0.2) is 18.2 Å². The number of aliphatic hydroxyl groups excluding tert-OH is 1. The van der Waals surface area contributed by atoms with Crippen LogP contribution in [-0.2, 0) is 6.42 Å². The second kappa shape index (κ2) is 5.61. The molecule has 0 bridgehead atoms. The lowest BCUT2D eigenvalue weighted by Crippen LogP contribution is -2.29. The van der Waals surface area contributed by atoms with Crippen molar-refractivity contribution in [3.63, 3.8) is 0 Å². The molecule has 0 saturated heterocycles. The van der Waals surface area contributed by atoms with Crippen LogP contribution in [0.1, 0.15) is 43.4 Å². The fraction of sp³-hybridized carbons (Fsp3) is 0.571. The van der Waals surface area contributed by atoms with Crippen molar-refractivity contribution in [2.45, 2.75) is 44.7 Å². The van der Waals surface area contributed by atoms with Gasteiger partial charge < -0.3 is 10.4 Å². The lowest BCUT2D eigenvalue weighted by Gasteiger charge is -2.20. The maximum Gasteiger partial charge on any atom is 0.123 e. The highest BCUT2D eigenvalue weighted by molar-refractivity contribution is 5.35. The van der Waals surface area contributed by atoms with Crippen LogP contribution >= 0.6 is 0 Å². The van der Waals surface area contributed by atoms with Gasteiger partial charge in [-0.2, -0.15) is 0 Å². The molecule has 2 N–H and O–H groups in total. The summed E-state index contributed by atoms with van der Waals surface area (Å²) in [5.74, 6) is -0.152. The molecule has 1 aliphatic rings. The Morgan fingerprint density at radius 1 is 1.53 bits per heavy atom. The molecule has 1 aromatic carbocycles. The Morgan fingerprint density at radius 3 is 3.12 bits per heavy atom. The van der Waals surface area contributed by atoms with Crippen molar-refractivity contribution in [3.05, 3.63) is 35.1 Å². The fourth-order valence-corrected chi connectivity index (χ4v) is 2.57. The summed E-state index contributed by atoms with van der Waals surface area (Å²) in [5, 5.41) is 12.3. The first-order valence-corrected chi connectivity index (χ1v) is 6.36. The zero-order valence-corrected chi connectivity index (χ0v) is 10.2. The SMILES string of the molecule is CC(CCCO)NC1CCc2ccc(F)cc21. The molecule has 2 atom stereocenters. The van der Waals surface area contributed by atoms with E-state index in [4.69, 9.17) is 5.11 Å². The van der Waals surface area contributed by atoms with E-state index >= 15 is 0 Å². The lowest BCUT2D eigenvalue weighted by molar-refractivity contribution is 0.273. The van der Waals surface area contributed by atoms with Gasteiger partial charge >= 0.3 is 0 Å². The van der Waals surface area contributed by atoms with E-state index in [1.807, 2.05) is 6.07 Å². The molecule has 2 unspecified atom stereocenters. The van der Waals surface area contributed by atoms with Crippen molar-refractivity contribution in [2.24, 2.45) is 0 Å². The smallest absolute Gasteiger partial charge is 0.123 e. The van der Waals surface area contributed by atoms with E-state index in [1.165, 1.54) is 11.6 Å². The Balaban J connectivity index is 1.99. The topological polar surface area (TPSA) is 32.3 Å². The normalized spacial score (nSPS) is 20.3. The largest absolute Gasteiger partial charge is 0.396 e. The number of hydrogen-bond donors (Lipinski definition) is 2. The van der Waals surface area contributed by atoms with Crippen molar-refractivity contribution in [1.29, 1.82) is 0 Å². The summed E-state index contributed by atoms with van der Waals surface area (Å²) in [6.07, 6.45) is 3.84. The predicted molar refractivity (Wildman–Crippen MR) is 66.4 cm³/mol. The van der Waals surface area contributed by atoms with E-state index in [9.17, 15) is 4.39 Å². The summed E-state index contributed by atoms with van der Waals surface area (Å²) in [7, 11) is 0. The van der Waals surface area contributed by atoms with Crippen LogP contribution in [0, 0.1) is 5.82 Å². The van der Waals surface area contributed by atoms with Gasteiger partial charge in [0.05, 0.1) is 0 Å². The Labute approximate surface area is 102 Å². The Morgan fingerprint density at radius 2 is 2.35 bits per heavy atom. The first kappa shape index (κ1) is 12.5. The average Bonchev–Trinajstić information content (AvgIpc) is 2.69. The van der Waals surface area contributed by atoms with Crippen molar-refractivity contribution >= 4 is 0 Å². The highest BCUT2D eigenvalue weighted by atomic mass is 19.1. The molecule has 0 amide bonds. The van der Waals surface area contributed by atoms with Crippen LogP contribution in [0.3, 0.4) is 0 Å². The second-order valence-corrected chi connectivity index (χ2v) is 4.87. The number of nitrogens with one attached hydrogen (secondary N) is 1. The number of rotatable bonds is 5. The van der Waals surface area contributed by atoms with Gasteiger partial charge in [-0.1, -0.05) is 6.07 Å². The highest BCUT2D eigenvalue weighted by Crippen LogP contribution is 2.32. The number of halogens is 1. The van der Waals surface area contributed by atoms with E-state index < -0.39 is 0 Å². The Bertz CT molecular complexity index is 380. The Hall–Kier alpha value is -0.930. The van der Waals surface area contributed by atoms with Crippen LogP contribution in [0.25, 0.3) is 0 Å². The maximum atomic E-state index is 13.2. The van der Waals surface area contributed by atoms with E-state index in [2.05, 4.69) is 12.2 Å². The van der Waals surface area contributed by atoms with E-state index in [0.29, 0.717) is 6.04 Å². The van der Waals surface area contributed by atoms with E-state index in [0.717, 1.165) is 31.2 Å². The first-order valence-electron chi connectivity index (χ1n) is 6.36. The molecule has 0 aromatic heterocycles. The molecule has 17 heavy (non-hydrogen) atoms. The third kappa shape index (κ3) is 3.05. The number of benzene rings is 1. The van der Waals surface area contributed by atoms with Gasteiger partial charge in [0, 0.05) is 18.7 Å². The standard InChI is InChI=1S/C14H20FNO/c1-10(3-2-8-17)16-14-7-5-11-4-6-12(15)9-13(11)14/h4,6,9-10,14,16-17H,2-3,5,7-8H2,1H3. The predicted octanol–water partition coefficient (Wildman–Crippen LogP) is 2.56. The molecule has 0 heterocycles. The average molecular weight is 237 g/mol. The maximum absolute atomic E-state index is 13.2. The molecular weight excluding hydrogens is 217 g/mol. The van der Waals surface area contributed by atoms with Gasteiger partial charge in [0.15, 0.2) is 0 Å². The van der Waals surface area contributed by atoms with Crippen molar-refractivity contribution in [3.8, 4) is 0 Å². The molecule has 0 spiro atoms. The number of fused-ring (bicyclic) bond motifs is 1. The summed E-state index contributed by atoms with van der Waals surface area (Å²) < 4.78 is 13.2. The minimum absolute atomic E-state index is 0.152. The monoisotopic (exact) mass is 237 g/mol. The zero-order valence-electron chi connectivity index (χ0n) is 10.2. The minimum Gasteiger partial charge on any atom is -0.396 e. The molecule has 1 aromatic rings. The van der Waals surface area contributed by atoms with Crippen LogP contribution in [0.4, 0.5) is 4.39 Å².